The van der Waals surface area contributed by atoms with Crippen LogP contribution in [0, 0.1) is 0 Å². The van der Waals surface area contributed by atoms with Gasteiger partial charge in [-0.1, -0.05) is 29.3 Å². The van der Waals surface area contributed by atoms with E-state index in [1.54, 1.807) is 47.4 Å². The van der Waals surface area contributed by atoms with Crippen LogP contribution in [0.25, 0.3) is 0 Å². The van der Waals surface area contributed by atoms with Crippen LogP contribution in [0.3, 0.4) is 0 Å². The summed E-state index contributed by atoms with van der Waals surface area (Å²) in [6.45, 7) is 5.06. The van der Waals surface area contributed by atoms with Crippen molar-refractivity contribution in [2.45, 2.75) is 13.8 Å². The Morgan fingerprint density at radius 3 is 2.33 bits per heavy atom. The number of halogens is 2. The molecule has 0 aliphatic carbocycles. The Balaban J connectivity index is 2.23. The third-order valence-corrected chi connectivity index (χ3v) is 4.16. The monoisotopic (exact) mass is 364 g/mol. The van der Waals surface area contributed by atoms with Gasteiger partial charge in [0.1, 0.15) is 0 Å². The van der Waals surface area contributed by atoms with E-state index in [2.05, 4.69) is 5.32 Å². The van der Waals surface area contributed by atoms with Gasteiger partial charge in [-0.15, -0.1) is 0 Å². The number of nitrogens with zero attached hydrogens (tertiary/aromatic N) is 1. The Morgan fingerprint density at radius 2 is 1.67 bits per heavy atom. The second-order valence-electron chi connectivity index (χ2n) is 5.14. The molecule has 2 rings (SSSR count). The lowest BCUT2D eigenvalue weighted by atomic mass is 10.1. The van der Waals surface area contributed by atoms with E-state index in [9.17, 15) is 9.59 Å². The van der Waals surface area contributed by atoms with Gasteiger partial charge in [-0.2, -0.15) is 0 Å². The van der Waals surface area contributed by atoms with Crippen molar-refractivity contribution in [3.05, 3.63) is 63.6 Å². The number of hydrogen-bond acceptors (Lipinski definition) is 2. The van der Waals surface area contributed by atoms with E-state index in [1.165, 1.54) is 0 Å². The van der Waals surface area contributed by atoms with Crippen molar-refractivity contribution in [1.29, 1.82) is 0 Å². The lowest BCUT2D eigenvalue weighted by molar-refractivity contribution is 0.0773. The molecule has 0 radical (unpaired) electrons. The summed E-state index contributed by atoms with van der Waals surface area (Å²) in [7, 11) is 0. The minimum Gasteiger partial charge on any atom is -0.339 e. The molecule has 4 nitrogen and oxygen atoms in total. The Morgan fingerprint density at radius 1 is 1.00 bits per heavy atom. The zero-order chi connectivity index (χ0) is 17.7. The number of benzene rings is 2. The van der Waals surface area contributed by atoms with E-state index in [1.807, 2.05) is 13.8 Å². The smallest absolute Gasteiger partial charge is 0.255 e. The van der Waals surface area contributed by atoms with E-state index in [-0.39, 0.29) is 11.8 Å². The summed E-state index contributed by atoms with van der Waals surface area (Å²) in [6.07, 6.45) is 0. The van der Waals surface area contributed by atoms with E-state index in [4.69, 9.17) is 23.2 Å². The molecule has 2 aromatic rings. The third-order valence-electron chi connectivity index (χ3n) is 3.60. The highest BCUT2D eigenvalue weighted by molar-refractivity contribution is 6.35. The average Bonchev–Trinajstić information content (AvgIpc) is 2.59. The first-order chi connectivity index (χ1) is 11.5. The zero-order valence-electron chi connectivity index (χ0n) is 13.5. The van der Waals surface area contributed by atoms with Gasteiger partial charge in [0.2, 0.25) is 0 Å². The Bertz CT molecular complexity index is 758. The second kappa shape index (κ2) is 8.18. The first-order valence-corrected chi connectivity index (χ1v) is 8.37. The molecule has 0 fully saturated rings. The molecule has 0 saturated carbocycles. The van der Waals surface area contributed by atoms with Gasteiger partial charge in [0.15, 0.2) is 0 Å². The van der Waals surface area contributed by atoms with Gasteiger partial charge >= 0.3 is 0 Å². The molecule has 0 spiro atoms. The average molecular weight is 365 g/mol. The fourth-order valence-corrected chi connectivity index (χ4v) is 2.61. The zero-order valence-corrected chi connectivity index (χ0v) is 15.0. The lowest BCUT2D eigenvalue weighted by Gasteiger charge is -2.18. The molecule has 0 heterocycles. The Hall–Kier alpha value is -2.04. The Labute approximate surface area is 151 Å². The van der Waals surface area contributed by atoms with Gasteiger partial charge in [0, 0.05) is 29.2 Å². The quantitative estimate of drug-likeness (QED) is 0.833. The highest BCUT2D eigenvalue weighted by Crippen LogP contribution is 2.26. The standard InChI is InChI=1S/C18H18Cl2N2O2/c1-3-22(4-2)18(24)13-7-5-6-12(10-13)17(23)21-16-11-14(19)8-9-15(16)20/h5-11H,3-4H2,1-2H3,(H,21,23). The number of rotatable bonds is 5. The SMILES string of the molecule is CCN(CC)C(=O)c1cccc(C(=O)Nc2cc(Cl)ccc2Cl)c1. The van der Waals surface area contributed by atoms with Crippen molar-refractivity contribution < 1.29 is 9.59 Å². The summed E-state index contributed by atoms with van der Waals surface area (Å²) in [6, 6.07) is 11.4. The van der Waals surface area contributed by atoms with Crippen LogP contribution in [0.2, 0.25) is 10.0 Å². The highest BCUT2D eigenvalue weighted by Gasteiger charge is 2.15. The number of amides is 2. The van der Waals surface area contributed by atoms with E-state index < -0.39 is 0 Å². The Kier molecular flexibility index (Phi) is 6.23. The molecular formula is C18H18Cl2N2O2. The lowest BCUT2D eigenvalue weighted by Crippen LogP contribution is -2.30. The molecule has 0 atom stereocenters. The van der Waals surface area contributed by atoms with Crippen LogP contribution >= 0.6 is 23.2 Å². The molecule has 126 valence electrons. The summed E-state index contributed by atoms with van der Waals surface area (Å²) in [5.41, 5.74) is 1.28. The molecule has 0 saturated heterocycles. The molecule has 0 bridgehead atoms. The molecular weight excluding hydrogens is 347 g/mol. The van der Waals surface area contributed by atoms with E-state index in [0.717, 1.165) is 0 Å². The van der Waals surface area contributed by atoms with Crippen LogP contribution in [-0.2, 0) is 0 Å². The van der Waals surface area contributed by atoms with Crippen molar-refractivity contribution >= 4 is 40.7 Å². The molecule has 0 aliphatic rings. The predicted octanol–water partition coefficient (Wildman–Crippen LogP) is 4.73. The van der Waals surface area contributed by atoms with Gasteiger partial charge < -0.3 is 10.2 Å². The minimum absolute atomic E-state index is 0.101. The van der Waals surface area contributed by atoms with Crippen LogP contribution in [0.4, 0.5) is 5.69 Å². The van der Waals surface area contributed by atoms with Gasteiger partial charge in [0.25, 0.3) is 11.8 Å². The highest BCUT2D eigenvalue weighted by atomic mass is 35.5. The van der Waals surface area contributed by atoms with Crippen LogP contribution in [-0.4, -0.2) is 29.8 Å². The second-order valence-corrected chi connectivity index (χ2v) is 5.98. The number of anilines is 1. The molecule has 2 amide bonds. The van der Waals surface area contributed by atoms with Crippen molar-refractivity contribution in [2.24, 2.45) is 0 Å². The number of carbonyl (C=O) groups is 2. The fraction of sp³-hybridized carbons (Fsp3) is 0.222. The maximum atomic E-state index is 12.4. The first-order valence-electron chi connectivity index (χ1n) is 7.62. The molecule has 0 aromatic heterocycles. The number of nitrogens with one attached hydrogen (secondary N) is 1. The first kappa shape index (κ1) is 18.3. The van der Waals surface area contributed by atoms with Gasteiger partial charge in [-0.3, -0.25) is 9.59 Å². The summed E-state index contributed by atoms with van der Waals surface area (Å²) < 4.78 is 0. The molecule has 6 heteroatoms. The van der Waals surface area contributed by atoms with Crippen molar-refractivity contribution in [1.82, 2.24) is 4.90 Å². The van der Waals surface area contributed by atoms with Crippen LogP contribution in [0.5, 0.6) is 0 Å². The van der Waals surface area contributed by atoms with E-state index in [0.29, 0.717) is 39.9 Å². The molecule has 24 heavy (non-hydrogen) atoms. The predicted molar refractivity (Wildman–Crippen MR) is 98.1 cm³/mol. The summed E-state index contributed by atoms with van der Waals surface area (Å²) in [5, 5.41) is 3.57. The topological polar surface area (TPSA) is 49.4 Å². The molecule has 0 aliphatic heterocycles. The molecule has 1 N–H and O–H groups in total. The number of hydrogen-bond donors (Lipinski definition) is 1. The van der Waals surface area contributed by atoms with Crippen LogP contribution < -0.4 is 5.32 Å². The number of carbonyl (C=O) groups excluding carboxylic acids is 2. The van der Waals surface area contributed by atoms with Crippen molar-refractivity contribution in [2.75, 3.05) is 18.4 Å². The molecule has 0 unspecified atom stereocenters. The van der Waals surface area contributed by atoms with Gasteiger partial charge in [0.05, 0.1) is 10.7 Å². The van der Waals surface area contributed by atoms with Gasteiger partial charge in [-0.05, 0) is 50.2 Å². The summed E-state index contributed by atoms with van der Waals surface area (Å²) >= 11 is 12.0. The summed E-state index contributed by atoms with van der Waals surface area (Å²) in [4.78, 5) is 26.5. The maximum absolute atomic E-state index is 12.4. The molecule has 2 aromatic carbocycles. The normalized spacial score (nSPS) is 10.3. The van der Waals surface area contributed by atoms with Crippen molar-refractivity contribution in [3.63, 3.8) is 0 Å². The van der Waals surface area contributed by atoms with Gasteiger partial charge in [-0.25, -0.2) is 0 Å². The summed E-state index contributed by atoms with van der Waals surface area (Å²) in [5.74, 6) is -0.455. The maximum Gasteiger partial charge on any atom is 0.255 e. The van der Waals surface area contributed by atoms with Crippen LogP contribution in [0.15, 0.2) is 42.5 Å². The van der Waals surface area contributed by atoms with E-state index >= 15 is 0 Å². The van der Waals surface area contributed by atoms with Crippen LogP contribution in [0.1, 0.15) is 34.6 Å². The largest absolute Gasteiger partial charge is 0.339 e. The van der Waals surface area contributed by atoms with Crippen molar-refractivity contribution in [3.8, 4) is 0 Å². The minimum atomic E-state index is -0.353. The fourth-order valence-electron chi connectivity index (χ4n) is 2.27. The third kappa shape index (κ3) is 4.28.